The van der Waals surface area contributed by atoms with E-state index in [1.165, 1.54) is 44.9 Å². The van der Waals surface area contributed by atoms with Crippen LogP contribution in [0.1, 0.15) is 63.8 Å². The highest BCUT2D eigenvalue weighted by Crippen LogP contribution is 2.41. The Morgan fingerprint density at radius 1 is 0.615 bits per heavy atom. The van der Waals surface area contributed by atoms with Gasteiger partial charge in [0.2, 0.25) is 0 Å². The summed E-state index contributed by atoms with van der Waals surface area (Å²) in [7, 11) is 11.6. The summed E-state index contributed by atoms with van der Waals surface area (Å²) in [4.78, 5) is 4.82. The van der Waals surface area contributed by atoms with Crippen molar-refractivity contribution in [2.24, 2.45) is 0 Å². The number of nitrogens with zero attached hydrogens (tertiary/aromatic N) is 6. The van der Waals surface area contributed by atoms with Crippen LogP contribution in [0.25, 0.3) is 33.9 Å². The van der Waals surface area contributed by atoms with E-state index < -0.39 is 0 Å². The second-order valence-corrected chi connectivity index (χ2v) is 12.1. The minimum atomic E-state index is 0.542. The highest BCUT2D eigenvalue weighted by atomic mass is 15.7. The van der Waals surface area contributed by atoms with Gasteiger partial charge in [-0.3, -0.25) is 5.01 Å². The van der Waals surface area contributed by atoms with E-state index in [1.807, 2.05) is 32.4 Å². The molecule has 0 unspecified atom stereocenters. The first kappa shape index (κ1) is 38.3. The Labute approximate surface area is 313 Å². The molecule has 52 heavy (non-hydrogen) atoms. The van der Waals surface area contributed by atoms with Crippen molar-refractivity contribution >= 4 is 38.5 Å². The van der Waals surface area contributed by atoms with Gasteiger partial charge in [0.15, 0.2) is 0 Å². The molecule has 4 heterocycles. The Kier molecular flexibility index (Phi) is 13.6. The molecule has 3 aliphatic heterocycles. The molecule has 8 rings (SSSR count). The summed E-state index contributed by atoms with van der Waals surface area (Å²) in [6.07, 6.45) is 1.13. The SMILES string of the molecule is CC.CC.[B]CCN1NNC2=C1c1ccccc1N(CC)Cc1ccccc12.[B]CCn1nnc2c1-c1ccccc1CN(CC)c1ccccc1-2. The van der Waals surface area contributed by atoms with Gasteiger partial charge < -0.3 is 15.2 Å². The number of anilines is 2. The maximum Gasteiger partial charge on any atom is 0.123 e. The zero-order valence-corrected chi connectivity index (χ0v) is 31.7. The Balaban J connectivity index is 0.000000184. The third kappa shape index (κ3) is 7.63. The first-order valence-corrected chi connectivity index (χ1v) is 18.9. The van der Waals surface area contributed by atoms with Crippen molar-refractivity contribution in [3.63, 3.8) is 0 Å². The summed E-state index contributed by atoms with van der Waals surface area (Å²) in [5.41, 5.74) is 20.8. The number of hydrogen-bond donors (Lipinski definition) is 2. The standard InChI is InChI=1S/C19H19BN4.C19H21BN4.2C2H6/c1-2-23-13-14-7-3-4-8-15(14)19-18(21-22-24(19)12-11-20)16-9-5-6-10-17(16)23;1-2-23-13-14-7-3-4-8-15(14)18-19(24(12-11-20)22-21-18)16-9-5-6-10-17(16)23;2*1-2/h3-10H,2,11-13H2,1H3;3-10,21-22H,2,11-13H2,1H3;2*1-2H3. The smallest absolute Gasteiger partial charge is 0.123 e. The van der Waals surface area contributed by atoms with E-state index in [9.17, 15) is 0 Å². The van der Waals surface area contributed by atoms with Crippen LogP contribution < -0.4 is 20.8 Å². The molecule has 0 spiro atoms. The van der Waals surface area contributed by atoms with Crippen LogP contribution in [-0.2, 0) is 19.6 Å². The van der Waals surface area contributed by atoms with Gasteiger partial charge in [-0.05, 0) is 37.1 Å². The first-order valence-electron chi connectivity index (χ1n) is 18.9. The molecule has 0 fully saturated rings. The lowest BCUT2D eigenvalue weighted by molar-refractivity contribution is 0.302. The summed E-state index contributed by atoms with van der Waals surface area (Å²) < 4.78 is 1.94. The van der Waals surface area contributed by atoms with Crippen molar-refractivity contribution in [1.82, 2.24) is 31.0 Å². The third-order valence-corrected chi connectivity index (χ3v) is 9.30. The lowest BCUT2D eigenvalue weighted by Gasteiger charge is -2.31. The number of nitrogens with one attached hydrogen (secondary N) is 2. The van der Waals surface area contributed by atoms with Crippen molar-refractivity contribution in [2.45, 2.75) is 73.8 Å². The van der Waals surface area contributed by atoms with Crippen molar-refractivity contribution in [2.75, 3.05) is 29.4 Å². The molecule has 4 radical (unpaired) electrons. The maximum atomic E-state index is 5.83. The molecule has 8 nitrogen and oxygen atoms in total. The lowest BCUT2D eigenvalue weighted by atomic mass is 9.95. The second kappa shape index (κ2) is 18.5. The monoisotopic (exact) mass is 690 g/mol. The predicted molar refractivity (Wildman–Crippen MR) is 221 cm³/mol. The molecular weight excluding hydrogens is 638 g/mol. The quantitative estimate of drug-likeness (QED) is 0.174. The van der Waals surface area contributed by atoms with Crippen LogP contribution in [0.5, 0.6) is 0 Å². The average molecular weight is 691 g/mol. The Morgan fingerprint density at radius 2 is 1.12 bits per heavy atom. The van der Waals surface area contributed by atoms with Gasteiger partial charge in [0, 0.05) is 72.9 Å². The Morgan fingerprint density at radius 3 is 1.71 bits per heavy atom. The zero-order valence-electron chi connectivity index (χ0n) is 31.7. The topological polar surface area (TPSA) is 64.5 Å². The third-order valence-electron chi connectivity index (χ3n) is 9.30. The minimum Gasteiger partial charge on any atom is -0.367 e. The predicted octanol–water partition coefficient (Wildman–Crippen LogP) is 8.36. The van der Waals surface area contributed by atoms with Crippen LogP contribution >= 0.6 is 0 Å². The van der Waals surface area contributed by atoms with Gasteiger partial charge >= 0.3 is 0 Å². The highest BCUT2D eigenvalue weighted by molar-refractivity contribution is 6.09. The molecule has 266 valence electrons. The largest absolute Gasteiger partial charge is 0.367 e. The van der Waals surface area contributed by atoms with E-state index in [4.69, 9.17) is 15.7 Å². The summed E-state index contributed by atoms with van der Waals surface area (Å²) >= 11 is 0. The molecule has 1 aromatic heterocycles. The molecule has 0 saturated heterocycles. The minimum absolute atomic E-state index is 0.542. The first-order chi connectivity index (χ1) is 25.7. The highest BCUT2D eigenvalue weighted by Gasteiger charge is 2.30. The number of hydrazine groups is 2. The normalized spacial score (nSPS) is 13.5. The number of hydrogen-bond acceptors (Lipinski definition) is 7. The molecule has 0 amide bonds. The molecule has 0 bridgehead atoms. The van der Waals surface area contributed by atoms with Gasteiger partial charge in [0.1, 0.15) is 5.69 Å². The van der Waals surface area contributed by atoms with Gasteiger partial charge in [0.05, 0.1) is 32.8 Å². The second-order valence-electron chi connectivity index (χ2n) is 12.1. The molecule has 5 aromatic rings. The molecule has 3 aliphatic rings. The van der Waals surface area contributed by atoms with Crippen molar-refractivity contribution in [3.8, 4) is 22.5 Å². The summed E-state index contributed by atoms with van der Waals surface area (Å²) in [6, 6.07) is 34.2. The number of para-hydroxylation sites is 2. The van der Waals surface area contributed by atoms with Crippen molar-refractivity contribution < 1.29 is 0 Å². The van der Waals surface area contributed by atoms with E-state index in [0.717, 1.165) is 55.4 Å². The molecule has 2 N–H and O–H groups in total. The van der Waals surface area contributed by atoms with Crippen molar-refractivity contribution in [1.29, 1.82) is 0 Å². The molecule has 0 saturated carbocycles. The van der Waals surface area contributed by atoms with E-state index in [-0.39, 0.29) is 0 Å². The van der Waals surface area contributed by atoms with Crippen LogP contribution in [-0.4, -0.2) is 55.3 Å². The molecule has 10 heteroatoms. The van der Waals surface area contributed by atoms with E-state index >= 15 is 0 Å². The van der Waals surface area contributed by atoms with Crippen LogP contribution in [0.3, 0.4) is 0 Å². The molecule has 0 atom stereocenters. The van der Waals surface area contributed by atoms with Crippen LogP contribution in [0.15, 0.2) is 97.1 Å². The fourth-order valence-electron chi connectivity index (χ4n) is 7.02. The average Bonchev–Trinajstić information content (AvgIpc) is 3.81. The van der Waals surface area contributed by atoms with E-state index in [0.29, 0.717) is 19.2 Å². The van der Waals surface area contributed by atoms with Crippen LogP contribution in [0.4, 0.5) is 11.4 Å². The fourth-order valence-corrected chi connectivity index (χ4v) is 7.02. The summed E-state index contributed by atoms with van der Waals surface area (Å²) in [6.45, 7) is 17.5. The zero-order chi connectivity index (χ0) is 37.0. The van der Waals surface area contributed by atoms with Crippen LogP contribution in [0.2, 0.25) is 12.6 Å². The lowest BCUT2D eigenvalue weighted by Crippen LogP contribution is -2.38. The molecular formula is C42H52B2N8. The van der Waals surface area contributed by atoms with E-state index in [2.05, 4.69) is 147 Å². The number of rotatable bonds is 6. The Hall–Kier alpha value is -4.95. The van der Waals surface area contributed by atoms with Gasteiger partial charge in [0.25, 0.3) is 0 Å². The van der Waals surface area contributed by atoms with E-state index in [1.54, 1.807) is 0 Å². The number of aryl methyl sites for hydroxylation is 1. The summed E-state index contributed by atoms with van der Waals surface area (Å²) in [5, 5.41) is 11.0. The van der Waals surface area contributed by atoms with Crippen molar-refractivity contribution in [3.05, 3.63) is 119 Å². The van der Waals surface area contributed by atoms with Gasteiger partial charge in [-0.25, -0.2) is 4.68 Å². The van der Waals surface area contributed by atoms with Crippen LogP contribution in [0, 0.1) is 0 Å². The Bertz CT molecular complexity index is 1940. The maximum absolute atomic E-state index is 5.83. The fraction of sp³-hybridized carbons (Fsp3) is 0.333. The van der Waals surface area contributed by atoms with Gasteiger partial charge in [-0.1, -0.05) is 130 Å². The number of fused-ring (bicyclic) bond motifs is 9. The molecule has 0 aliphatic carbocycles. The molecule has 4 aromatic carbocycles. The summed E-state index contributed by atoms with van der Waals surface area (Å²) in [5.74, 6) is 0. The van der Waals surface area contributed by atoms with Gasteiger partial charge in [-0.2, -0.15) is 0 Å². The number of benzene rings is 4. The number of aromatic nitrogens is 3. The van der Waals surface area contributed by atoms with Gasteiger partial charge in [-0.15, -0.1) is 10.6 Å².